The molecular formula is C23H32N4O4. The second-order valence-electron chi connectivity index (χ2n) is 8.91. The van der Waals surface area contributed by atoms with Crippen LogP contribution in [0.15, 0.2) is 41.0 Å². The molecule has 2 N–H and O–H groups in total. The molecule has 0 saturated heterocycles. The zero-order chi connectivity index (χ0) is 22.6. The monoisotopic (exact) mass is 428 g/mol. The summed E-state index contributed by atoms with van der Waals surface area (Å²) in [6, 6.07) is 8.95. The lowest BCUT2D eigenvalue weighted by atomic mass is 10.0. The van der Waals surface area contributed by atoms with Gasteiger partial charge in [-0.15, -0.1) is 0 Å². The van der Waals surface area contributed by atoms with Crippen molar-refractivity contribution in [1.29, 1.82) is 0 Å². The average Bonchev–Trinajstić information content (AvgIpc) is 3.20. The fraction of sp³-hybridized carbons (Fsp3) is 0.478. The molecule has 0 fully saturated rings. The number of likely N-dealkylation sites (N-methyl/N-ethyl adjacent to an activating group) is 1. The van der Waals surface area contributed by atoms with Gasteiger partial charge in [-0.3, -0.25) is 9.80 Å². The molecule has 0 radical (unpaired) electrons. The van der Waals surface area contributed by atoms with Crippen molar-refractivity contribution in [2.45, 2.75) is 45.3 Å². The predicted molar refractivity (Wildman–Crippen MR) is 121 cm³/mol. The lowest BCUT2D eigenvalue weighted by molar-refractivity contribution is 0.0578. The van der Waals surface area contributed by atoms with Crippen LogP contribution in [-0.2, 0) is 11.2 Å². The Hall–Kier alpha value is -3.00. The molecular weight excluding hydrogens is 396 g/mol. The highest BCUT2D eigenvalue weighted by Crippen LogP contribution is 2.31. The minimum absolute atomic E-state index is 0.0633. The van der Waals surface area contributed by atoms with Crippen molar-refractivity contribution < 1.29 is 18.7 Å². The summed E-state index contributed by atoms with van der Waals surface area (Å²) in [6.07, 6.45) is 2.96. The summed E-state index contributed by atoms with van der Waals surface area (Å²) in [4.78, 5) is 28.7. The zero-order valence-corrected chi connectivity index (χ0v) is 18.9. The topological polar surface area (TPSA) is 87.1 Å². The lowest BCUT2D eigenvalue weighted by Gasteiger charge is -2.32. The number of fused-ring (bicyclic) bond motifs is 1. The number of hydrogen-bond acceptors (Lipinski definition) is 5. The molecule has 8 nitrogen and oxygen atoms in total. The maximum Gasteiger partial charge on any atom is 0.414 e. The summed E-state index contributed by atoms with van der Waals surface area (Å²) >= 11 is 0. The summed E-state index contributed by atoms with van der Waals surface area (Å²) in [5.41, 5.74) is 1.98. The van der Waals surface area contributed by atoms with E-state index in [0.29, 0.717) is 18.8 Å². The second kappa shape index (κ2) is 9.43. The number of nitrogens with zero attached hydrogens (tertiary/aromatic N) is 2. The molecule has 8 heteroatoms. The number of furan rings is 1. The molecule has 1 aliphatic heterocycles. The highest BCUT2D eigenvalue weighted by Gasteiger charge is 2.27. The average molecular weight is 429 g/mol. The van der Waals surface area contributed by atoms with Crippen LogP contribution in [0.3, 0.4) is 0 Å². The van der Waals surface area contributed by atoms with Crippen molar-refractivity contribution in [3.05, 3.63) is 47.9 Å². The van der Waals surface area contributed by atoms with Crippen molar-refractivity contribution in [3.8, 4) is 0 Å². The Bertz CT molecular complexity index is 903. The van der Waals surface area contributed by atoms with Gasteiger partial charge in [0.15, 0.2) is 0 Å². The minimum atomic E-state index is -0.547. The van der Waals surface area contributed by atoms with Crippen molar-refractivity contribution in [2.24, 2.45) is 0 Å². The first-order chi connectivity index (χ1) is 14.6. The van der Waals surface area contributed by atoms with Gasteiger partial charge >= 0.3 is 12.1 Å². The van der Waals surface area contributed by atoms with Gasteiger partial charge in [0.2, 0.25) is 0 Å². The number of aryl methyl sites for hydroxylation is 1. The van der Waals surface area contributed by atoms with E-state index in [-0.39, 0.29) is 18.2 Å². The van der Waals surface area contributed by atoms with E-state index in [1.165, 1.54) is 0 Å². The SMILES string of the molecule is CN(C)C(CNC(=O)Nc1ccc2c(c1)CCCN2C(=O)OC(C)(C)C)c1ccco1. The number of amides is 3. The zero-order valence-electron chi connectivity index (χ0n) is 18.9. The summed E-state index contributed by atoms with van der Waals surface area (Å²) in [5, 5.41) is 5.78. The van der Waals surface area contributed by atoms with E-state index in [1.807, 2.05) is 64.0 Å². The lowest BCUT2D eigenvalue weighted by Crippen LogP contribution is -2.40. The Kier molecular flexibility index (Phi) is 6.90. The Balaban J connectivity index is 1.63. The molecule has 1 aromatic heterocycles. The van der Waals surface area contributed by atoms with Crippen molar-refractivity contribution in [3.63, 3.8) is 0 Å². The molecule has 1 atom stereocenters. The number of anilines is 2. The third kappa shape index (κ3) is 6.01. The predicted octanol–water partition coefficient (Wildman–Crippen LogP) is 4.39. The number of nitrogens with one attached hydrogen (secondary N) is 2. The van der Waals surface area contributed by atoms with Crippen LogP contribution in [-0.4, -0.2) is 49.8 Å². The first-order valence-electron chi connectivity index (χ1n) is 10.5. The van der Waals surface area contributed by atoms with Crippen LogP contribution in [0.2, 0.25) is 0 Å². The first kappa shape index (κ1) is 22.7. The van der Waals surface area contributed by atoms with Gasteiger partial charge in [-0.1, -0.05) is 0 Å². The van der Waals surface area contributed by atoms with E-state index in [9.17, 15) is 9.59 Å². The summed E-state index contributed by atoms with van der Waals surface area (Å²) in [5.74, 6) is 0.793. The van der Waals surface area contributed by atoms with Gasteiger partial charge in [0.1, 0.15) is 11.4 Å². The fourth-order valence-electron chi connectivity index (χ4n) is 3.56. The summed E-state index contributed by atoms with van der Waals surface area (Å²) in [7, 11) is 3.87. The quantitative estimate of drug-likeness (QED) is 0.737. The van der Waals surface area contributed by atoms with Gasteiger partial charge in [0.05, 0.1) is 18.0 Å². The van der Waals surface area contributed by atoms with Gasteiger partial charge in [0, 0.05) is 18.8 Å². The maximum atomic E-state index is 12.6. The number of carbonyl (C=O) groups excluding carboxylic acids is 2. The van der Waals surface area contributed by atoms with Crippen LogP contribution in [0.4, 0.5) is 21.0 Å². The maximum absolute atomic E-state index is 12.6. The van der Waals surface area contributed by atoms with Gasteiger partial charge in [-0.2, -0.15) is 0 Å². The number of rotatable bonds is 5. The number of urea groups is 1. The normalized spacial score (nSPS) is 14.7. The molecule has 0 saturated carbocycles. The third-order valence-corrected chi connectivity index (χ3v) is 5.02. The molecule has 0 aliphatic carbocycles. The standard InChI is InChI=1S/C23H32N4O4/c1-23(2,3)31-22(29)27-12-6-8-16-14-17(10-11-18(16)27)25-21(28)24-15-19(26(4)5)20-9-7-13-30-20/h7,9-11,13-14,19H,6,8,12,15H2,1-5H3,(H2,24,25,28). The highest BCUT2D eigenvalue weighted by atomic mass is 16.6. The summed E-state index contributed by atoms with van der Waals surface area (Å²) < 4.78 is 11.0. The molecule has 2 heterocycles. The molecule has 1 aromatic carbocycles. The van der Waals surface area contributed by atoms with E-state index in [0.717, 1.165) is 29.9 Å². The van der Waals surface area contributed by atoms with Crippen LogP contribution < -0.4 is 15.5 Å². The molecule has 0 bridgehead atoms. The van der Waals surface area contributed by atoms with Gasteiger partial charge in [-0.05, 0) is 83.6 Å². The van der Waals surface area contributed by atoms with Crippen molar-refractivity contribution in [2.75, 3.05) is 37.4 Å². The highest BCUT2D eigenvalue weighted by molar-refractivity contribution is 5.92. The number of carbonyl (C=O) groups is 2. The van der Waals surface area contributed by atoms with Gasteiger partial charge < -0.3 is 19.8 Å². The first-order valence-corrected chi connectivity index (χ1v) is 10.5. The van der Waals surface area contributed by atoms with Crippen LogP contribution in [0.5, 0.6) is 0 Å². The number of ether oxygens (including phenoxy) is 1. The number of benzene rings is 1. The van der Waals surface area contributed by atoms with Gasteiger partial charge in [0.25, 0.3) is 0 Å². The molecule has 31 heavy (non-hydrogen) atoms. The Morgan fingerprint density at radius 1 is 1.26 bits per heavy atom. The fourth-order valence-corrected chi connectivity index (χ4v) is 3.56. The van der Waals surface area contributed by atoms with E-state index in [2.05, 4.69) is 10.6 Å². The van der Waals surface area contributed by atoms with E-state index >= 15 is 0 Å². The largest absolute Gasteiger partial charge is 0.468 e. The molecule has 168 valence electrons. The van der Waals surface area contributed by atoms with E-state index in [1.54, 1.807) is 17.2 Å². The second-order valence-corrected chi connectivity index (χ2v) is 8.91. The Morgan fingerprint density at radius 2 is 2.03 bits per heavy atom. The van der Waals surface area contributed by atoms with Crippen LogP contribution in [0.1, 0.15) is 44.6 Å². The van der Waals surface area contributed by atoms with Crippen LogP contribution >= 0.6 is 0 Å². The smallest absolute Gasteiger partial charge is 0.414 e. The summed E-state index contributed by atoms with van der Waals surface area (Å²) in [6.45, 7) is 6.59. The van der Waals surface area contributed by atoms with Crippen molar-refractivity contribution >= 4 is 23.5 Å². The molecule has 3 rings (SSSR count). The molecule has 0 spiro atoms. The van der Waals surface area contributed by atoms with Crippen LogP contribution in [0.25, 0.3) is 0 Å². The van der Waals surface area contributed by atoms with Crippen molar-refractivity contribution in [1.82, 2.24) is 10.2 Å². The van der Waals surface area contributed by atoms with Crippen LogP contribution in [0, 0.1) is 0 Å². The van der Waals surface area contributed by atoms with E-state index in [4.69, 9.17) is 9.15 Å². The third-order valence-electron chi connectivity index (χ3n) is 5.02. The molecule has 1 aliphatic rings. The minimum Gasteiger partial charge on any atom is -0.468 e. The van der Waals surface area contributed by atoms with Gasteiger partial charge in [-0.25, -0.2) is 9.59 Å². The Morgan fingerprint density at radius 3 is 2.68 bits per heavy atom. The Labute approximate surface area is 183 Å². The molecule has 1 unspecified atom stereocenters. The number of hydrogen-bond donors (Lipinski definition) is 2. The molecule has 3 amide bonds. The van der Waals surface area contributed by atoms with E-state index < -0.39 is 5.60 Å². The molecule has 2 aromatic rings.